The third kappa shape index (κ3) is 3.36. The average Bonchev–Trinajstić information content (AvgIpc) is 2.43. The van der Waals surface area contributed by atoms with Gasteiger partial charge < -0.3 is 10.6 Å². The van der Waals surface area contributed by atoms with E-state index in [0.29, 0.717) is 22.3 Å². The minimum Gasteiger partial charge on any atom is -0.399 e. The summed E-state index contributed by atoms with van der Waals surface area (Å²) < 4.78 is 13.8. The maximum Gasteiger partial charge on any atom is 0.255 e. The van der Waals surface area contributed by atoms with Crippen LogP contribution in [0.3, 0.4) is 0 Å². The Labute approximate surface area is 125 Å². The molecule has 3 nitrogen and oxygen atoms in total. The Balaban J connectivity index is 2.16. The van der Waals surface area contributed by atoms with E-state index in [-0.39, 0.29) is 5.91 Å². The Morgan fingerprint density at radius 2 is 1.90 bits per heavy atom. The first kappa shape index (κ1) is 14.5. The summed E-state index contributed by atoms with van der Waals surface area (Å²) in [6.45, 7) is 0.433. The second-order valence-corrected chi connectivity index (χ2v) is 5.38. The Bertz CT molecular complexity index is 628. The van der Waals surface area contributed by atoms with E-state index in [1.807, 2.05) is 12.1 Å². The van der Waals surface area contributed by atoms with Crippen LogP contribution in [0.5, 0.6) is 0 Å². The Hall–Kier alpha value is -1.88. The molecule has 2 aromatic rings. The molecule has 2 N–H and O–H groups in total. The second-order valence-electron chi connectivity index (χ2n) is 4.53. The van der Waals surface area contributed by atoms with Crippen LogP contribution >= 0.6 is 15.9 Å². The van der Waals surface area contributed by atoms with Crippen LogP contribution in [0, 0.1) is 5.82 Å². The highest BCUT2D eigenvalue weighted by Crippen LogP contribution is 2.20. The molecule has 0 aliphatic rings. The van der Waals surface area contributed by atoms with Gasteiger partial charge in [0, 0.05) is 23.8 Å². The number of hydrogen-bond donors (Lipinski definition) is 1. The number of halogens is 2. The first-order chi connectivity index (χ1) is 9.47. The van der Waals surface area contributed by atoms with Gasteiger partial charge in [-0.05, 0) is 51.8 Å². The molecular formula is C15H14BrFN2O. The van der Waals surface area contributed by atoms with Crippen molar-refractivity contribution >= 4 is 27.5 Å². The highest BCUT2D eigenvalue weighted by atomic mass is 79.9. The lowest BCUT2D eigenvalue weighted by Crippen LogP contribution is -2.26. The molecule has 0 spiro atoms. The van der Waals surface area contributed by atoms with Crippen molar-refractivity contribution in [3.63, 3.8) is 0 Å². The monoisotopic (exact) mass is 336 g/mol. The van der Waals surface area contributed by atoms with Gasteiger partial charge in [-0.2, -0.15) is 0 Å². The number of amides is 1. The summed E-state index contributed by atoms with van der Waals surface area (Å²) in [6.07, 6.45) is 0. The van der Waals surface area contributed by atoms with Crippen molar-refractivity contribution in [2.75, 3.05) is 12.8 Å². The van der Waals surface area contributed by atoms with E-state index in [1.54, 1.807) is 19.2 Å². The summed E-state index contributed by atoms with van der Waals surface area (Å²) in [7, 11) is 1.68. The van der Waals surface area contributed by atoms with Crippen molar-refractivity contribution in [3.05, 3.63) is 63.9 Å². The number of benzene rings is 2. The molecule has 1 amide bonds. The van der Waals surface area contributed by atoms with Crippen molar-refractivity contribution in [2.24, 2.45) is 0 Å². The molecule has 0 fully saturated rings. The molecule has 0 bridgehead atoms. The Kier molecular flexibility index (Phi) is 4.39. The zero-order chi connectivity index (χ0) is 14.7. The van der Waals surface area contributed by atoms with Gasteiger partial charge in [-0.1, -0.05) is 12.1 Å². The van der Waals surface area contributed by atoms with Crippen LogP contribution in [0.1, 0.15) is 15.9 Å². The summed E-state index contributed by atoms with van der Waals surface area (Å²) in [5.74, 6) is -0.675. The third-order valence-electron chi connectivity index (χ3n) is 2.90. The van der Waals surface area contributed by atoms with Crippen molar-refractivity contribution in [2.45, 2.75) is 6.54 Å². The van der Waals surface area contributed by atoms with Crippen LogP contribution in [0.25, 0.3) is 0 Å². The summed E-state index contributed by atoms with van der Waals surface area (Å²) in [4.78, 5) is 13.8. The van der Waals surface area contributed by atoms with Crippen LogP contribution in [-0.4, -0.2) is 17.9 Å². The molecular weight excluding hydrogens is 323 g/mol. The zero-order valence-corrected chi connectivity index (χ0v) is 12.5. The molecule has 0 heterocycles. The van der Waals surface area contributed by atoms with Gasteiger partial charge in [0.25, 0.3) is 5.91 Å². The van der Waals surface area contributed by atoms with Gasteiger partial charge in [-0.15, -0.1) is 0 Å². The number of carbonyl (C=O) groups excluding carboxylic acids is 1. The average molecular weight is 337 g/mol. The fraction of sp³-hybridized carbons (Fsp3) is 0.133. The van der Waals surface area contributed by atoms with Gasteiger partial charge in [-0.25, -0.2) is 4.39 Å². The maximum atomic E-state index is 13.2. The lowest BCUT2D eigenvalue weighted by molar-refractivity contribution is 0.0783. The van der Waals surface area contributed by atoms with E-state index in [0.717, 1.165) is 5.56 Å². The lowest BCUT2D eigenvalue weighted by atomic mass is 10.1. The Morgan fingerprint density at radius 3 is 2.55 bits per heavy atom. The summed E-state index contributed by atoms with van der Waals surface area (Å²) >= 11 is 3.26. The summed E-state index contributed by atoms with van der Waals surface area (Å²) in [5, 5.41) is 0. The number of nitrogens with two attached hydrogens (primary N) is 1. The summed E-state index contributed by atoms with van der Waals surface area (Å²) in [5.41, 5.74) is 7.56. The number of nitrogen functional groups attached to an aromatic ring is 1. The highest BCUT2D eigenvalue weighted by molar-refractivity contribution is 9.10. The molecule has 2 aromatic carbocycles. The standard InChI is InChI=1S/C15H14BrFN2O/c1-19(9-10-2-5-12(18)6-3-10)15(20)13-8-11(17)4-7-14(13)16/h2-8H,9,18H2,1H3. The van der Waals surface area contributed by atoms with E-state index in [1.165, 1.54) is 23.1 Å². The van der Waals surface area contributed by atoms with Gasteiger partial charge in [0.2, 0.25) is 0 Å². The van der Waals surface area contributed by atoms with Gasteiger partial charge in [-0.3, -0.25) is 4.79 Å². The van der Waals surface area contributed by atoms with E-state index in [9.17, 15) is 9.18 Å². The number of carbonyl (C=O) groups is 1. The van der Waals surface area contributed by atoms with Crippen LogP contribution in [0.4, 0.5) is 10.1 Å². The first-order valence-electron chi connectivity index (χ1n) is 6.02. The predicted octanol–water partition coefficient (Wildman–Crippen LogP) is 3.44. The Morgan fingerprint density at radius 1 is 1.25 bits per heavy atom. The zero-order valence-electron chi connectivity index (χ0n) is 10.9. The molecule has 0 radical (unpaired) electrons. The number of hydrogen-bond acceptors (Lipinski definition) is 2. The predicted molar refractivity (Wildman–Crippen MR) is 80.8 cm³/mol. The molecule has 0 aromatic heterocycles. The van der Waals surface area contributed by atoms with E-state index < -0.39 is 5.82 Å². The quantitative estimate of drug-likeness (QED) is 0.872. The number of nitrogens with zero attached hydrogens (tertiary/aromatic N) is 1. The van der Waals surface area contributed by atoms with Gasteiger partial charge in [0.05, 0.1) is 5.56 Å². The molecule has 0 atom stereocenters. The largest absolute Gasteiger partial charge is 0.399 e. The fourth-order valence-electron chi connectivity index (χ4n) is 1.84. The van der Waals surface area contributed by atoms with Crippen LogP contribution in [-0.2, 0) is 6.54 Å². The van der Waals surface area contributed by atoms with E-state index in [2.05, 4.69) is 15.9 Å². The number of rotatable bonds is 3. The molecule has 0 aliphatic heterocycles. The van der Waals surface area contributed by atoms with Gasteiger partial charge in [0.1, 0.15) is 5.82 Å². The minimum absolute atomic E-state index is 0.242. The summed E-state index contributed by atoms with van der Waals surface area (Å²) in [6, 6.07) is 11.4. The van der Waals surface area contributed by atoms with Crippen molar-refractivity contribution < 1.29 is 9.18 Å². The highest BCUT2D eigenvalue weighted by Gasteiger charge is 2.16. The van der Waals surface area contributed by atoms with Crippen LogP contribution in [0.2, 0.25) is 0 Å². The smallest absolute Gasteiger partial charge is 0.255 e. The molecule has 0 saturated carbocycles. The molecule has 0 saturated heterocycles. The fourth-order valence-corrected chi connectivity index (χ4v) is 2.25. The van der Waals surface area contributed by atoms with Crippen molar-refractivity contribution in [1.29, 1.82) is 0 Å². The van der Waals surface area contributed by atoms with Crippen LogP contribution in [0.15, 0.2) is 46.9 Å². The van der Waals surface area contributed by atoms with E-state index in [4.69, 9.17) is 5.73 Å². The maximum absolute atomic E-state index is 13.2. The lowest BCUT2D eigenvalue weighted by Gasteiger charge is -2.18. The topological polar surface area (TPSA) is 46.3 Å². The normalized spacial score (nSPS) is 10.3. The van der Waals surface area contributed by atoms with Gasteiger partial charge >= 0.3 is 0 Å². The minimum atomic E-state index is -0.433. The van der Waals surface area contributed by atoms with Crippen LogP contribution < -0.4 is 5.73 Å². The molecule has 2 rings (SSSR count). The van der Waals surface area contributed by atoms with Gasteiger partial charge in [0.15, 0.2) is 0 Å². The third-order valence-corrected chi connectivity index (χ3v) is 3.60. The molecule has 5 heteroatoms. The molecule has 20 heavy (non-hydrogen) atoms. The van der Waals surface area contributed by atoms with E-state index >= 15 is 0 Å². The second kappa shape index (κ2) is 6.05. The van der Waals surface area contributed by atoms with Crippen molar-refractivity contribution in [1.82, 2.24) is 4.90 Å². The molecule has 0 unspecified atom stereocenters. The molecule has 0 aliphatic carbocycles. The first-order valence-corrected chi connectivity index (χ1v) is 6.81. The molecule has 104 valence electrons. The van der Waals surface area contributed by atoms with Crippen molar-refractivity contribution in [3.8, 4) is 0 Å². The number of anilines is 1. The SMILES string of the molecule is CN(Cc1ccc(N)cc1)C(=O)c1cc(F)ccc1Br.